The second kappa shape index (κ2) is 8.22. The molecule has 134 valence electrons. The fourth-order valence-corrected chi connectivity index (χ4v) is 3.11. The van der Waals surface area contributed by atoms with E-state index in [1.807, 2.05) is 26.0 Å². The smallest absolute Gasteiger partial charge is 0.273 e. The summed E-state index contributed by atoms with van der Waals surface area (Å²) in [7, 11) is 0. The molecule has 0 radical (unpaired) electrons. The van der Waals surface area contributed by atoms with Gasteiger partial charge in [-0.1, -0.05) is 29.5 Å². The van der Waals surface area contributed by atoms with E-state index < -0.39 is 6.29 Å². The van der Waals surface area contributed by atoms with Crippen molar-refractivity contribution in [1.82, 2.24) is 20.3 Å². The van der Waals surface area contributed by atoms with Gasteiger partial charge in [-0.15, -0.1) is 5.10 Å². The molecule has 0 bridgehead atoms. The topological polar surface area (TPSA) is 78.3 Å². The maximum Gasteiger partial charge on any atom is 0.273 e. The molecule has 0 aliphatic heterocycles. The summed E-state index contributed by atoms with van der Waals surface area (Å²) in [6, 6.07) is 8.25. The average Bonchev–Trinajstić information content (AvgIpc) is 3.23. The van der Waals surface area contributed by atoms with E-state index in [1.165, 1.54) is 11.1 Å². The highest BCUT2D eigenvalue weighted by Gasteiger charge is 2.25. The molecule has 7 nitrogen and oxygen atoms in total. The minimum Gasteiger partial charge on any atom is -0.351 e. The van der Waals surface area contributed by atoms with E-state index in [2.05, 4.69) is 27.8 Å². The Morgan fingerprint density at radius 2 is 2.08 bits per heavy atom. The van der Waals surface area contributed by atoms with Crippen molar-refractivity contribution >= 4 is 5.91 Å². The number of hydrogen-bond acceptors (Lipinski definition) is 5. The Labute approximate surface area is 147 Å². The maximum absolute atomic E-state index is 12.5. The molecular weight excluding hydrogens is 320 g/mol. The highest BCUT2D eigenvalue weighted by atomic mass is 16.7. The van der Waals surface area contributed by atoms with Gasteiger partial charge in [0.05, 0.1) is 18.8 Å². The number of rotatable bonds is 8. The summed E-state index contributed by atoms with van der Waals surface area (Å²) in [5.41, 5.74) is 2.79. The number of nitrogens with zero attached hydrogens (tertiary/aromatic N) is 3. The van der Waals surface area contributed by atoms with E-state index in [0.29, 0.717) is 25.5 Å². The minimum absolute atomic E-state index is 0.0356. The Kier molecular flexibility index (Phi) is 5.78. The quantitative estimate of drug-likeness (QED) is 0.742. The summed E-state index contributed by atoms with van der Waals surface area (Å²) in [5.74, 6) is -0.211. The molecule has 1 aliphatic carbocycles. The SMILES string of the molecule is CCOC(Cn1cc(C(=O)N[C@@H]2CCc3ccccc32)nn1)OCC. The molecule has 0 unspecified atom stereocenters. The van der Waals surface area contributed by atoms with Crippen molar-refractivity contribution in [2.75, 3.05) is 13.2 Å². The first-order valence-corrected chi connectivity index (χ1v) is 8.73. The first-order chi connectivity index (χ1) is 12.2. The summed E-state index contributed by atoms with van der Waals surface area (Å²) in [6.45, 7) is 5.31. The van der Waals surface area contributed by atoms with Gasteiger partial charge < -0.3 is 14.8 Å². The van der Waals surface area contributed by atoms with Gasteiger partial charge in [0, 0.05) is 13.2 Å². The number of nitrogens with one attached hydrogen (secondary N) is 1. The zero-order valence-electron chi connectivity index (χ0n) is 14.6. The van der Waals surface area contributed by atoms with Gasteiger partial charge in [-0.25, -0.2) is 4.68 Å². The number of fused-ring (bicyclic) bond motifs is 1. The summed E-state index contributed by atoms with van der Waals surface area (Å²) in [6.07, 6.45) is 3.13. The molecule has 0 fully saturated rings. The van der Waals surface area contributed by atoms with Crippen molar-refractivity contribution < 1.29 is 14.3 Å². The molecule has 1 heterocycles. The van der Waals surface area contributed by atoms with Crippen LogP contribution in [0.4, 0.5) is 0 Å². The highest BCUT2D eigenvalue weighted by Crippen LogP contribution is 2.30. The van der Waals surface area contributed by atoms with Gasteiger partial charge in [-0.05, 0) is 37.8 Å². The average molecular weight is 344 g/mol. The van der Waals surface area contributed by atoms with Crippen molar-refractivity contribution in [2.45, 2.75) is 45.6 Å². The lowest BCUT2D eigenvalue weighted by atomic mass is 10.1. The second-order valence-corrected chi connectivity index (χ2v) is 5.93. The molecular formula is C18H24N4O3. The number of carbonyl (C=O) groups excluding carboxylic acids is 1. The van der Waals surface area contributed by atoms with E-state index >= 15 is 0 Å². The van der Waals surface area contributed by atoms with Crippen LogP contribution in [0.25, 0.3) is 0 Å². The lowest BCUT2D eigenvalue weighted by molar-refractivity contribution is -0.145. The van der Waals surface area contributed by atoms with Gasteiger partial charge in [-0.2, -0.15) is 0 Å². The van der Waals surface area contributed by atoms with Crippen LogP contribution in [0.1, 0.15) is 47.9 Å². The molecule has 1 aromatic heterocycles. The van der Waals surface area contributed by atoms with Gasteiger partial charge in [-0.3, -0.25) is 4.79 Å². The highest BCUT2D eigenvalue weighted by molar-refractivity contribution is 5.92. The lowest BCUT2D eigenvalue weighted by Gasteiger charge is -2.16. The predicted octanol–water partition coefficient (Wildman–Crippen LogP) is 2.09. The molecule has 0 spiro atoms. The molecule has 0 saturated heterocycles. The van der Waals surface area contributed by atoms with Crippen molar-refractivity contribution in [3.05, 3.63) is 47.3 Å². The third-order valence-corrected chi connectivity index (χ3v) is 4.25. The van der Waals surface area contributed by atoms with Crippen LogP contribution in [0.15, 0.2) is 30.5 Å². The molecule has 1 amide bonds. The summed E-state index contributed by atoms with van der Waals surface area (Å²) >= 11 is 0. The standard InChI is InChI=1S/C18H24N4O3/c1-3-24-17(25-4-2)12-22-11-16(20-21-22)18(23)19-15-10-9-13-7-5-6-8-14(13)15/h5-8,11,15,17H,3-4,9-10,12H2,1-2H3,(H,19,23)/t15-/m1/s1. The molecule has 1 aromatic carbocycles. The first kappa shape index (κ1) is 17.6. The van der Waals surface area contributed by atoms with Crippen molar-refractivity contribution in [2.24, 2.45) is 0 Å². The number of amides is 1. The molecule has 1 atom stereocenters. The van der Waals surface area contributed by atoms with E-state index in [-0.39, 0.29) is 11.9 Å². The van der Waals surface area contributed by atoms with Crippen LogP contribution < -0.4 is 5.32 Å². The Balaban J connectivity index is 1.61. The van der Waals surface area contributed by atoms with E-state index in [1.54, 1.807) is 10.9 Å². The van der Waals surface area contributed by atoms with Crippen LogP contribution in [-0.4, -0.2) is 40.4 Å². The third kappa shape index (κ3) is 4.24. The van der Waals surface area contributed by atoms with Crippen LogP contribution in [0.5, 0.6) is 0 Å². The lowest BCUT2D eigenvalue weighted by Crippen LogP contribution is -2.27. The molecule has 2 aromatic rings. The zero-order valence-corrected chi connectivity index (χ0v) is 14.6. The first-order valence-electron chi connectivity index (χ1n) is 8.73. The number of carbonyl (C=O) groups is 1. The van der Waals surface area contributed by atoms with E-state index in [4.69, 9.17) is 9.47 Å². The van der Waals surface area contributed by atoms with Gasteiger partial charge >= 0.3 is 0 Å². The van der Waals surface area contributed by atoms with Gasteiger partial charge in [0.15, 0.2) is 12.0 Å². The summed E-state index contributed by atoms with van der Waals surface area (Å²) < 4.78 is 12.6. The third-order valence-electron chi connectivity index (χ3n) is 4.25. The largest absolute Gasteiger partial charge is 0.351 e. The fourth-order valence-electron chi connectivity index (χ4n) is 3.11. The Morgan fingerprint density at radius 3 is 2.84 bits per heavy atom. The van der Waals surface area contributed by atoms with Gasteiger partial charge in [0.25, 0.3) is 5.91 Å². The van der Waals surface area contributed by atoms with Crippen LogP contribution in [-0.2, 0) is 22.4 Å². The Bertz CT molecular complexity index is 710. The van der Waals surface area contributed by atoms with Gasteiger partial charge in [0.2, 0.25) is 0 Å². The fraction of sp³-hybridized carbons (Fsp3) is 0.500. The van der Waals surface area contributed by atoms with Gasteiger partial charge in [0.1, 0.15) is 0 Å². The number of aromatic nitrogens is 3. The van der Waals surface area contributed by atoms with E-state index in [0.717, 1.165) is 12.8 Å². The molecule has 0 saturated carbocycles. The Morgan fingerprint density at radius 1 is 1.32 bits per heavy atom. The van der Waals surface area contributed by atoms with Crippen LogP contribution in [0.3, 0.4) is 0 Å². The molecule has 7 heteroatoms. The second-order valence-electron chi connectivity index (χ2n) is 5.93. The van der Waals surface area contributed by atoms with Crippen LogP contribution in [0.2, 0.25) is 0 Å². The molecule has 1 N–H and O–H groups in total. The zero-order chi connectivity index (χ0) is 17.6. The van der Waals surface area contributed by atoms with Crippen molar-refractivity contribution in [3.8, 4) is 0 Å². The summed E-state index contributed by atoms with van der Waals surface area (Å²) in [5, 5.41) is 11.0. The molecule has 1 aliphatic rings. The Hall–Kier alpha value is -2.25. The number of hydrogen-bond donors (Lipinski definition) is 1. The van der Waals surface area contributed by atoms with Crippen molar-refractivity contribution in [3.63, 3.8) is 0 Å². The maximum atomic E-state index is 12.5. The minimum atomic E-state index is -0.394. The molecule has 3 rings (SSSR count). The number of aryl methyl sites for hydroxylation is 1. The number of ether oxygens (including phenoxy) is 2. The van der Waals surface area contributed by atoms with Crippen LogP contribution in [0, 0.1) is 0 Å². The van der Waals surface area contributed by atoms with Crippen molar-refractivity contribution in [1.29, 1.82) is 0 Å². The van der Waals surface area contributed by atoms with Crippen LogP contribution >= 0.6 is 0 Å². The normalized spacial score (nSPS) is 16.2. The number of benzene rings is 1. The molecule has 25 heavy (non-hydrogen) atoms. The predicted molar refractivity (Wildman–Crippen MR) is 92.0 cm³/mol. The van der Waals surface area contributed by atoms with E-state index in [9.17, 15) is 4.79 Å². The summed E-state index contributed by atoms with van der Waals surface area (Å²) in [4.78, 5) is 12.5. The monoisotopic (exact) mass is 344 g/mol.